The molecule has 0 unspecified atom stereocenters. The molecular weight excluding hydrogens is 459 g/mol. The maximum absolute atomic E-state index is 12.8. The van der Waals surface area contributed by atoms with Gasteiger partial charge in [-0.25, -0.2) is 0 Å². The normalized spacial score (nSPS) is 16.0. The number of unbranched alkanes of at least 4 members (excludes halogenated alkanes) is 1. The number of morpholine rings is 1. The van der Waals surface area contributed by atoms with E-state index < -0.39 is 9.96 Å². The highest BCUT2D eigenvalue weighted by atomic mass is 35.6. The third-order valence-electron chi connectivity index (χ3n) is 5.09. The third kappa shape index (κ3) is 6.99. The van der Waals surface area contributed by atoms with Crippen molar-refractivity contribution < 1.29 is 14.3 Å². The van der Waals surface area contributed by atoms with Crippen LogP contribution in [0.4, 0.5) is 0 Å². The minimum absolute atomic E-state index is 0.297. The Morgan fingerprint density at radius 1 is 1.06 bits per heavy atom. The number of ether oxygens (including phenoxy) is 2. The number of nitrogens with zero attached hydrogens (tertiary/aromatic N) is 1. The van der Waals surface area contributed by atoms with E-state index in [2.05, 4.69) is 12.2 Å². The second-order valence-corrected chi connectivity index (χ2v) is 9.74. The van der Waals surface area contributed by atoms with Crippen molar-refractivity contribution in [2.45, 2.75) is 29.7 Å². The summed E-state index contributed by atoms with van der Waals surface area (Å²) in [5, 5.41) is 2.85. The molecule has 0 aromatic heterocycles. The molecule has 0 aliphatic carbocycles. The minimum Gasteiger partial charge on any atom is -0.494 e. The predicted octanol–water partition coefficient (Wildman–Crippen LogP) is 5.29. The van der Waals surface area contributed by atoms with Gasteiger partial charge in [0.25, 0.3) is 5.91 Å². The fraction of sp³-hybridized carbons (Fsp3) is 0.435. The van der Waals surface area contributed by atoms with Crippen LogP contribution in [0.5, 0.6) is 5.75 Å². The highest BCUT2D eigenvalue weighted by molar-refractivity contribution is 6.68. The van der Waals surface area contributed by atoms with Crippen LogP contribution in [0, 0.1) is 0 Å². The first-order valence-electron chi connectivity index (χ1n) is 10.4. The summed E-state index contributed by atoms with van der Waals surface area (Å²) in [4.78, 5) is 14.7. The molecule has 0 bridgehead atoms. The van der Waals surface area contributed by atoms with E-state index >= 15 is 0 Å². The van der Waals surface area contributed by atoms with Gasteiger partial charge >= 0.3 is 0 Å². The summed E-state index contributed by atoms with van der Waals surface area (Å²) < 4.78 is 9.39. The molecule has 1 N–H and O–H groups in total. The Kier molecular flexibility index (Phi) is 8.87. The van der Waals surface area contributed by atoms with E-state index in [1.807, 2.05) is 41.3 Å². The number of carbonyl (C=O) groups is 1. The molecule has 5 nitrogen and oxygen atoms in total. The largest absolute Gasteiger partial charge is 0.494 e. The van der Waals surface area contributed by atoms with Crippen molar-refractivity contribution in [3.8, 4) is 16.9 Å². The van der Waals surface area contributed by atoms with Crippen molar-refractivity contribution in [2.24, 2.45) is 0 Å². The number of carbonyl (C=O) groups excluding carboxylic acids is 1. The zero-order chi connectivity index (χ0) is 22.3. The lowest BCUT2D eigenvalue weighted by Gasteiger charge is -2.38. The molecule has 1 atom stereocenters. The molecule has 1 fully saturated rings. The summed E-state index contributed by atoms with van der Waals surface area (Å²) in [6, 6.07) is 15.3. The van der Waals surface area contributed by atoms with E-state index in [9.17, 15) is 4.79 Å². The molecule has 31 heavy (non-hydrogen) atoms. The molecular formula is C23H27Cl3N2O3. The number of hydrogen-bond acceptors (Lipinski definition) is 4. The molecule has 0 radical (unpaired) electrons. The van der Waals surface area contributed by atoms with Gasteiger partial charge in [0.15, 0.2) is 0 Å². The molecule has 1 aliphatic rings. The lowest BCUT2D eigenvalue weighted by atomic mass is 10.0. The van der Waals surface area contributed by atoms with E-state index in [1.165, 1.54) is 0 Å². The van der Waals surface area contributed by atoms with Gasteiger partial charge in [-0.1, -0.05) is 72.4 Å². The Labute approximate surface area is 198 Å². The first kappa shape index (κ1) is 24.1. The topological polar surface area (TPSA) is 50.8 Å². The predicted molar refractivity (Wildman–Crippen MR) is 126 cm³/mol. The van der Waals surface area contributed by atoms with Gasteiger partial charge in [-0.15, -0.1) is 0 Å². The third-order valence-corrected chi connectivity index (χ3v) is 5.71. The average molecular weight is 486 g/mol. The molecule has 1 saturated heterocycles. The monoisotopic (exact) mass is 484 g/mol. The molecule has 0 saturated carbocycles. The van der Waals surface area contributed by atoms with E-state index in [1.54, 1.807) is 12.1 Å². The number of halogens is 3. The summed E-state index contributed by atoms with van der Waals surface area (Å²) in [6.07, 6.45) is 1.40. The van der Waals surface area contributed by atoms with Crippen LogP contribution in [0.25, 0.3) is 11.1 Å². The van der Waals surface area contributed by atoms with Gasteiger partial charge in [-0.3, -0.25) is 9.69 Å². The summed E-state index contributed by atoms with van der Waals surface area (Å²) in [5.74, 6) is 0.558. The van der Waals surface area contributed by atoms with Gasteiger partial charge in [0.1, 0.15) is 11.9 Å². The number of nitrogens with one attached hydrogen (secondary N) is 1. The van der Waals surface area contributed by atoms with Crippen molar-refractivity contribution in [3.05, 3.63) is 54.1 Å². The number of hydrogen-bond donors (Lipinski definition) is 1. The standard InChI is InChI=1S/C23H27Cl3N2O3/c1-2-3-14-31-20-10-8-18(9-11-20)17-4-6-19(7-5-17)21(29)27-22(23(24,25)26)28-12-15-30-16-13-28/h4-11,22H,2-3,12-16H2,1H3,(H,27,29)/t22-/m0/s1. The average Bonchev–Trinajstić information content (AvgIpc) is 2.78. The number of amides is 1. The van der Waals surface area contributed by atoms with Crippen LogP contribution in [0.15, 0.2) is 48.5 Å². The van der Waals surface area contributed by atoms with Crippen LogP contribution in [0.3, 0.4) is 0 Å². The smallest absolute Gasteiger partial charge is 0.252 e. The number of alkyl halides is 3. The summed E-state index contributed by atoms with van der Waals surface area (Å²) in [6.45, 7) is 5.08. The first-order valence-corrected chi connectivity index (χ1v) is 11.5. The molecule has 1 amide bonds. The van der Waals surface area contributed by atoms with Crippen LogP contribution in [-0.2, 0) is 4.74 Å². The molecule has 8 heteroatoms. The molecule has 3 rings (SSSR count). The van der Waals surface area contributed by atoms with Crippen molar-refractivity contribution in [2.75, 3.05) is 32.9 Å². The minimum atomic E-state index is -1.66. The Morgan fingerprint density at radius 3 is 2.19 bits per heavy atom. The second kappa shape index (κ2) is 11.4. The highest BCUT2D eigenvalue weighted by Crippen LogP contribution is 2.33. The molecule has 1 heterocycles. The fourth-order valence-electron chi connectivity index (χ4n) is 3.32. The van der Waals surface area contributed by atoms with Gasteiger partial charge in [0, 0.05) is 18.7 Å². The zero-order valence-electron chi connectivity index (χ0n) is 17.5. The number of rotatable bonds is 8. The van der Waals surface area contributed by atoms with Crippen LogP contribution in [0.1, 0.15) is 30.1 Å². The van der Waals surface area contributed by atoms with Gasteiger partial charge < -0.3 is 14.8 Å². The molecule has 168 valence electrons. The van der Waals surface area contributed by atoms with E-state index in [4.69, 9.17) is 44.3 Å². The Hall–Kier alpha value is -1.50. The molecule has 2 aromatic carbocycles. The quantitative estimate of drug-likeness (QED) is 0.408. The molecule has 1 aliphatic heterocycles. The fourth-order valence-corrected chi connectivity index (χ4v) is 3.89. The van der Waals surface area contributed by atoms with Crippen molar-refractivity contribution >= 4 is 40.7 Å². The van der Waals surface area contributed by atoms with Crippen molar-refractivity contribution in [3.63, 3.8) is 0 Å². The van der Waals surface area contributed by atoms with Gasteiger partial charge in [-0.2, -0.15) is 0 Å². The Morgan fingerprint density at radius 2 is 1.65 bits per heavy atom. The highest BCUT2D eigenvalue weighted by Gasteiger charge is 2.39. The lowest BCUT2D eigenvalue weighted by molar-refractivity contribution is 0.00996. The van der Waals surface area contributed by atoms with Crippen LogP contribution in [0.2, 0.25) is 0 Å². The van der Waals surface area contributed by atoms with Crippen molar-refractivity contribution in [1.82, 2.24) is 10.2 Å². The summed E-state index contributed by atoms with van der Waals surface area (Å²) in [5.41, 5.74) is 2.54. The summed E-state index contributed by atoms with van der Waals surface area (Å²) in [7, 11) is 0. The zero-order valence-corrected chi connectivity index (χ0v) is 19.7. The Balaban J connectivity index is 1.65. The van der Waals surface area contributed by atoms with E-state index in [0.29, 0.717) is 31.9 Å². The van der Waals surface area contributed by atoms with Crippen molar-refractivity contribution in [1.29, 1.82) is 0 Å². The molecule has 0 spiro atoms. The maximum atomic E-state index is 12.8. The second-order valence-electron chi connectivity index (χ2n) is 7.37. The van der Waals surface area contributed by atoms with Gasteiger partial charge in [0.05, 0.1) is 19.8 Å². The Bertz CT molecular complexity index is 833. The van der Waals surface area contributed by atoms with Gasteiger partial charge in [-0.05, 0) is 41.8 Å². The summed E-state index contributed by atoms with van der Waals surface area (Å²) >= 11 is 18.4. The SMILES string of the molecule is CCCCOc1ccc(-c2ccc(C(=O)N[C@@H](N3CCOCC3)C(Cl)(Cl)Cl)cc2)cc1. The van der Waals surface area contributed by atoms with Crippen LogP contribution >= 0.6 is 34.8 Å². The van der Waals surface area contributed by atoms with E-state index in [-0.39, 0.29) is 5.91 Å². The van der Waals surface area contributed by atoms with Crippen LogP contribution in [-0.4, -0.2) is 53.7 Å². The van der Waals surface area contributed by atoms with E-state index in [0.717, 1.165) is 36.3 Å². The van der Waals surface area contributed by atoms with Gasteiger partial charge in [0.2, 0.25) is 3.79 Å². The lowest BCUT2D eigenvalue weighted by Crippen LogP contribution is -2.58. The number of benzene rings is 2. The van der Waals surface area contributed by atoms with Crippen LogP contribution < -0.4 is 10.1 Å². The first-order chi connectivity index (χ1) is 14.9. The maximum Gasteiger partial charge on any atom is 0.252 e. The molecule has 2 aromatic rings.